The summed E-state index contributed by atoms with van der Waals surface area (Å²) in [5.41, 5.74) is 5.23. The predicted octanol–water partition coefficient (Wildman–Crippen LogP) is 7.99. The molecular formula is C34H32O4. The summed E-state index contributed by atoms with van der Waals surface area (Å²) < 4.78 is 11.5. The monoisotopic (exact) mass is 504 g/mol. The Morgan fingerprint density at radius 1 is 0.579 bits per heavy atom. The van der Waals surface area contributed by atoms with Gasteiger partial charge in [-0.2, -0.15) is 0 Å². The van der Waals surface area contributed by atoms with Crippen LogP contribution in [0.5, 0.6) is 11.5 Å². The number of carbonyl (C=O) groups is 2. The molecule has 0 radical (unpaired) electrons. The van der Waals surface area contributed by atoms with E-state index in [0.29, 0.717) is 22.6 Å². The summed E-state index contributed by atoms with van der Waals surface area (Å²) in [4.78, 5) is 25.2. The smallest absolute Gasteiger partial charge is 0.343 e. The van der Waals surface area contributed by atoms with E-state index in [2.05, 4.69) is 24.3 Å². The lowest BCUT2D eigenvalue weighted by molar-refractivity contribution is 0.0724. The Morgan fingerprint density at radius 3 is 1.39 bits per heavy atom. The molecule has 0 spiro atoms. The Bertz CT molecular complexity index is 1330. The van der Waals surface area contributed by atoms with Crippen molar-refractivity contribution in [1.29, 1.82) is 0 Å². The largest absolute Gasteiger partial charge is 0.423 e. The Labute approximate surface area is 224 Å². The minimum Gasteiger partial charge on any atom is -0.423 e. The zero-order valence-corrected chi connectivity index (χ0v) is 21.9. The van der Waals surface area contributed by atoms with Crippen LogP contribution in [0.25, 0.3) is 0 Å². The summed E-state index contributed by atoms with van der Waals surface area (Å²) >= 11 is 0. The van der Waals surface area contributed by atoms with Crippen LogP contribution in [0, 0.1) is 13.8 Å². The molecule has 4 nitrogen and oxygen atoms in total. The van der Waals surface area contributed by atoms with E-state index in [1.165, 1.54) is 17.5 Å². The highest BCUT2D eigenvalue weighted by Gasteiger charge is 2.36. The molecular weight excluding hydrogens is 472 g/mol. The quantitative estimate of drug-likeness (QED) is 0.197. The van der Waals surface area contributed by atoms with E-state index in [1.807, 2.05) is 62.4 Å². The van der Waals surface area contributed by atoms with Gasteiger partial charge in [0.25, 0.3) is 0 Å². The van der Waals surface area contributed by atoms with Crippen molar-refractivity contribution >= 4 is 11.9 Å². The number of ether oxygens (including phenoxy) is 2. The minimum absolute atomic E-state index is 0.141. The summed E-state index contributed by atoms with van der Waals surface area (Å²) in [6.45, 7) is 3.98. The third-order valence-electron chi connectivity index (χ3n) is 7.59. The Balaban J connectivity index is 1.42. The lowest BCUT2D eigenvalue weighted by atomic mass is 9.65. The van der Waals surface area contributed by atoms with Crippen molar-refractivity contribution in [2.45, 2.75) is 51.4 Å². The average molecular weight is 505 g/mol. The van der Waals surface area contributed by atoms with Crippen LogP contribution in [0.2, 0.25) is 0 Å². The average Bonchev–Trinajstić information content (AvgIpc) is 2.96. The van der Waals surface area contributed by atoms with Crippen LogP contribution >= 0.6 is 0 Å². The Morgan fingerprint density at radius 2 is 1.00 bits per heavy atom. The van der Waals surface area contributed by atoms with Crippen molar-refractivity contribution in [3.63, 3.8) is 0 Å². The summed E-state index contributed by atoms with van der Waals surface area (Å²) in [6.07, 6.45) is 5.59. The van der Waals surface area contributed by atoms with Crippen LogP contribution in [-0.2, 0) is 5.41 Å². The zero-order chi connectivity index (χ0) is 26.5. The number of rotatable bonds is 6. The number of hydrogen-bond donors (Lipinski definition) is 0. The fourth-order valence-electron chi connectivity index (χ4n) is 5.49. The van der Waals surface area contributed by atoms with Crippen molar-refractivity contribution < 1.29 is 19.1 Å². The van der Waals surface area contributed by atoms with Gasteiger partial charge in [-0.3, -0.25) is 0 Å². The van der Waals surface area contributed by atoms with Gasteiger partial charge in [0, 0.05) is 5.41 Å². The van der Waals surface area contributed by atoms with Crippen molar-refractivity contribution in [2.24, 2.45) is 0 Å². The summed E-state index contributed by atoms with van der Waals surface area (Å²) in [6, 6.07) is 30.5. The van der Waals surface area contributed by atoms with Crippen LogP contribution in [0.1, 0.15) is 75.1 Å². The normalized spacial score (nSPS) is 14.5. The second kappa shape index (κ2) is 11.1. The number of carbonyl (C=O) groups excluding carboxylic acids is 2. The molecule has 0 bridgehead atoms. The maximum Gasteiger partial charge on any atom is 0.343 e. The number of hydrogen-bond acceptors (Lipinski definition) is 4. The van der Waals surface area contributed by atoms with Gasteiger partial charge in [0.05, 0.1) is 11.1 Å². The molecule has 192 valence electrons. The third-order valence-corrected chi connectivity index (χ3v) is 7.59. The maximum absolute atomic E-state index is 12.6. The fourth-order valence-corrected chi connectivity index (χ4v) is 5.49. The van der Waals surface area contributed by atoms with Crippen molar-refractivity contribution in [1.82, 2.24) is 0 Å². The first-order chi connectivity index (χ1) is 18.5. The number of aryl methyl sites for hydroxylation is 2. The first kappa shape index (κ1) is 25.5. The van der Waals surface area contributed by atoms with E-state index in [4.69, 9.17) is 9.47 Å². The highest BCUT2D eigenvalue weighted by molar-refractivity contribution is 5.91. The number of esters is 2. The molecule has 38 heavy (non-hydrogen) atoms. The first-order valence-electron chi connectivity index (χ1n) is 13.2. The fraction of sp³-hybridized carbons (Fsp3) is 0.235. The summed E-state index contributed by atoms with van der Waals surface area (Å²) in [7, 11) is 0. The van der Waals surface area contributed by atoms with Gasteiger partial charge in [0.1, 0.15) is 11.5 Å². The minimum atomic E-state index is -0.356. The summed E-state index contributed by atoms with van der Waals surface area (Å²) in [5, 5.41) is 0. The van der Waals surface area contributed by atoms with Gasteiger partial charge >= 0.3 is 11.9 Å². The van der Waals surface area contributed by atoms with Gasteiger partial charge in [-0.1, -0.05) is 79.9 Å². The molecule has 1 saturated carbocycles. The zero-order valence-electron chi connectivity index (χ0n) is 21.9. The molecule has 0 aliphatic heterocycles. The van der Waals surface area contributed by atoms with Gasteiger partial charge in [-0.05, 0) is 85.3 Å². The first-order valence-corrected chi connectivity index (χ1v) is 13.2. The molecule has 0 aromatic heterocycles. The third kappa shape index (κ3) is 5.26. The lowest BCUT2D eigenvalue weighted by Crippen LogP contribution is -2.30. The van der Waals surface area contributed by atoms with E-state index in [0.717, 1.165) is 36.8 Å². The molecule has 0 atom stereocenters. The molecule has 0 heterocycles. The molecule has 0 unspecified atom stereocenters. The second-order valence-electron chi connectivity index (χ2n) is 10.1. The van der Waals surface area contributed by atoms with Gasteiger partial charge in [-0.15, -0.1) is 0 Å². The van der Waals surface area contributed by atoms with Gasteiger partial charge < -0.3 is 9.47 Å². The van der Waals surface area contributed by atoms with Crippen molar-refractivity contribution in [2.75, 3.05) is 0 Å². The molecule has 1 aliphatic rings. The van der Waals surface area contributed by atoms with E-state index in [9.17, 15) is 9.59 Å². The van der Waals surface area contributed by atoms with Crippen LogP contribution in [0.4, 0.5) is 0 Å². The Hall–Kier alpha value is -4.18. The van der Waals surface area contributed by atoms with Gasteiger partial charge in [-0.25, -0.2) is 9.59 Å². The van der Waals surface area contributed by atoms with Crippen LogP contribution in [0.3, 0.4) is 0 Å². The van der Waals surface area contributed by atoms with E-state index in [-0.39, 0.29) is 17.4 Å². The molecule has 0 N–H and O–H groups in total. The molecule has 0 amide bonds. The standard InChI is InChI=1S/C34H32O4/c1-24-22-28(16-18-30(24)37-32(35)26-12-6-3-7-13-26)34(20-10-5-11-21-34)29-17-19-31(25(2)23-29)38-33(36)27-14-8-4-9-15-27/h3-4,6-9,12-19,22-23H,5,10-11,20-21H2,1-2H3. The van der Waals surface area contributed by atoms with E-state index >= 15 is 0 Å². The van der Waals surface area contributed by atoms with Crippen molar-refractivity contribution in [3.05, 3.63) is 130 Å². The topological polar surface area (TPSA) is 52.6 Å². The highest BCUT2D eigenvalue weighted by Crippen LogP contribution is 2.46. The van der Waals surface area contributed by atoms with Crippen LogP contribution in [0.15, 0.2) is 97.1 Å². The SMILES string of the molecule is Cc1cc(C2(c3ccc(OC(=O)c4ccccc4)c(C)c3)CCCCC2)ccc1OC(=O)c1ccccc1. The molecule has 1 aliphatic carbocycles. The maximum atomic E-state index is 12.6. The molecule has 0 saturated heterocycles. The van der Waals surface area contributed by atoms with Gasteiger partial charge in [0.15, 0.2) is 0 Å². The van der Waals surface area contributed by atoms with Crippen molar-refractivity contribution in [3.8, 4) is 11.5 Å². The molecule has 5 rings (SSSR count). The molecule has 4 heteroatoms. The lowest BCUT2D eigenvalue weighted by Gasteiger charge is -2.39. The summed E-state index contributed by atoms with van der Waals surface area (Å²) in [5.74, 6) is 0.441. The molecule has 4 aromatic carbocycles. The Kier molecular flexibility index (Phi) is 7.41. The molecule has 1 fully saturated rings. The van der Waals surface area contributed by atoms with E-state index in [1.54, 1.807) is 24.3 Å². The van der Waals surface area contributed by atoms with Crippen LogP contribution in [-0.4, -0.2) is 11.9 Å². The second-order valence-corrected chi connectivity index (χ2v) is 10.1. The van der Waals surface area contributed by atoms with Crippen LogP contribution < -0.4 is 9.47 Å². The van der Waals surface area contributed by atoms with E-state index < -0.39 is 0 Å². The highest BCUT2D eigenvalue weighted by atomic mass is 16.5. The molecule has 4 aromatic rings. The predicted molar refractivity (Wildman–Crippen MR) is 149 cm³/mol. The van der Waals surface area contributed by atoms with Gasteiger partial charge in [0.2, 0.25) is 0 Å². The number of benzene rings is 4.